The van der Waals surface area contributed by atoms with E-state index in [1.165, 1.54) is 0 Å². The number of hydrogen-bond donors (Lipinski definition) is 4. The lowest BCUT2D eigenvalue weighted by Gasteiger charge is -2.26. The van der Waals surface area contributed by atoms with Gasteiger partial charge in [0, 0.05) is 26.2 Å². The molecule has 0 aliphatic carbocycles. The molecule has 0 spiro atoms. The first-order valence-corrected chi connectivity index (χ1v) is 13.4. The van der Waals surface area contributed by atoms with Gasteiger partial charge in [0.05, 0.1) is 0 Å². The largest absolute Gasteiger partial charge is 0.444 e. The van der Waals surface area contributed by atoms with Gasteiger partial charge in [-0.05, 0) is 122 Å². The zero-order chi connectivity index (χ0) is 30.2. The summed E-state index contributed by atoms with van der Waals surface area (Å²) in [6.07, 6.45) is -0.649. The van der Waals surface area contributed by atoms with E-state index < -0.39 is 35.1 Å². The van der Waals surface area contributed by atoms with Crippen molar-refractivity contribution >= 4 is 18.3 Å². The second-order valence-corrected chi connectivity index (χ2v) is 12.6. The average molecular weight is 552 g/mol. The molecule has 222 valence electrons. The molecule has 0 aliphatic rings. The van der Waals surface area contributed by atoms with Crippen molar-refractivity contribution in [3.8, 4) is 0 Å². The quantitative estimate of drug-likeness (QED) is 0.306. The molecule has 1 aromatic carbocycles. The van der Waals surface area contributed by atoms with E-state index in [0.29, 0.717) is 12.8 Å². The van der Waals surface area contributed by atoms with Crippen molar-refractivity contribution in [3.05, 3.63) is 33.4 Å². The van der Waals surface area contributed by atoms with Crippen molar-refractivity contribution in [3.63, 3.8) is 0 Å². The second-order valence-electron chi connectivity index (χ2n) is 12.6. The van der Waals surface area contributed by atoms with Crippen molar-refractivity contribution in [2.45, 2.75) is 125 Å². The van der Waals surface area contributed by atoms with Crippen LogP contribution in [-0.4, -0.2) is 46.8 Å². The van der Waals surface area contributed by atoms with Crippen LogP contribution in [-0.2, 0) is 40.3 Å². The van der Waals surface area contributed by atoms with Gasteiger partial charge in [0.2, 0.25) is 0 Å². The lowest BCUT2D eigenvalue weighted by molar-refractivity contribution is 0.0513. The van der Waals surface area contributed by atoms with E-state index in [1.54, 1.807) is 62.3 Å². The maximum atomic E-state index is 12.5. The lowest BCUT2D eigenvalue weighted by atomic mass is 9.85. The molecule has 0 aromatic heterocycles. The van der Waals surface area contributed by atoms with Gasteiger partial charge in [-0.25, -0.2) is 14.4 Å². The molecule has 0 heterocycles. The van der Waals surface area contributed by atoms with E-state index >= 15 is 0 Å². The van der Waals surface area contributed by atoms with Crippen LogP contribution in [0.1, 0.15) is 102 Å². The maximum Gasteiger partial charge on any atom is 0.407 e. The Labute approximate surface area is 233 Å². The Morgan fingerprint density at radius 2 is 0.897 bits per heavy atom. The fourth-order valence-corrected chi connectivity index (χ4v) is 4.01. The number of nitrogens with one attached hydrogen (secondary N) is 3. The predicted molar refractivity (Wildman–Crippen MR) is 151 cm³/mol. The number of alkyl carbamates (subject to hydrolysis) is 3. The molecule has 0 radical (unpaired) electrons. The number of aliphatic hydroxyl groups is 1. The summed E-state index contributed by atoms with van der Waals surface area (Å²) < 4.78 is 16.2. The van der Waals surface area contributed by atoms with Crippen LogP contribution in [0, 0.1) is 13.8 Å². The van der Waals surface area contributed by atoms with Gasteiger partial charge in [-0.1, -0.05) is 0 Å². The van der Waals surface area contributed by atoms with E-state index in [1.807, 2.05) is 13.8 Å². The Morgan fingerprint density at radius 3 is 1.18 bits per heavy atom. The molecule has 1 rings (SSSR count). The first kappa shape index (κ1) is 34.0. The molecular weight excluding hydrogens is 502 g/mol. The number of carbonyl (C=O) groups excluding carboxylic acids is 3. The van der Waals surface area contributed by atoms with Gasteiger partial charge in [-0.15, -0.1) is 0 Å². The number of aliphatic hydroxyl groups excluding tert-OH is 1. The standard InChI is InChI=1S/C29H49N3O7/c1-18-21(15-30-24(34)37-27(3,4)5)19(2)23(17-32-26(36)39-29(9,10)11)20(13-12-14-33)22(18)16-31-25(35)38-28(6,7)8/h33H,12-17H2,1-11H3,(H,30,34)(H,31,35)(H,32,36). The molecule has 10 nitrogen and oxygen atoms in total. The highest BCUT2D eigenvalue weighted by Crippen LogP contribution is 2.30. The predicted octanol–water partition coefficient (Wildman–Crippen LogP) is 5.30. The van der Waals surface area contributed by atoms with E-state index in [2.05, 4.69) is 16.0 Å². The third kappa shape index (κ3) is 12.6. The topological polar surface area (TPSA) is 135 Å². The van der Waals surface area contributed by atoms with E-state index in [0.717, 1.165) is 33.4 Å². The van der Waals surface area contributed by atoms with Crippen molar-refractivity contribution in [1.29, 1.82) is 0 Å². The third-order valence-electron chi connectivity index (χ3n) is 5.55. The summed E-state index contributed by atoms with van der Waals surface area (Å²) >= 11 is 0. The summed E-state index contributed by atoms with van der Waals surface area (Å²) in [6, 6.07) is 0. The van der Waals surface area contributed by atoms with E-state index in [4.69, 9.17) is 14.2 Å². The van der Waals surface area contributed by atoms with Gasteiger partial charge < -0.3 is 35.3 Å². The number of amides is 3. The number of ether oxygens (including phenoxy) is 3. The zero-order valence-electron chi connectivity index (χ0n) is 25.6. The molecule has 1 aromatic rings. The summed E-state index contributed by atoms with van der Waals surface area (Å²) in [6.45, 7) is 20.5. The highest BCUT2D eigenvalue weighted by Gasteiger charge is 2.24. The van der Waals surface area contributed by atoms with Gasteiger partial charge >= 0.3 is 18.3 Å². The first-order valence-electron chi connectivity index (χ1n) is 13.4. The smallest absolute Gasteiger partial charge is 0.407 e. The fourth-order valence-electron chi connectivity index (χ4n) is 4.01. The van der Waals surface area contributed by atoms with Crippen molar-refractivity contribution in [2.24, 2.45) is 0 Å². The third-order valence-corrected chi connectivity index (χ3v) is 5.55. The van der Waals surface area contributed by atoms with E-state index in [9.17, 15) is 19.5 Å². The molecule has 4 N–H and O–H groups in total. The second kappa shape index (κ2) is 13.9. The summed E-state index contributed by atoms with van der Waals surface area (Å²) in [7, 11) is 0. The Bertz CT molecular complexity index is 957. The summed E-state index contributed by atoms with van der Waals surface area (Å²) in [5.41, 5.74) is 3.23. The molecule has 10 heteroatoms. The Morgan fingerprint density at radius 1 is 0.590 bits per heavy atom. The van der Waals surface area contributed by atoms with E-state index in [-0.39, 0.29) is 26.2 Å². The lowest BCUT2D eigenvalue weighted by Crippen LogP contribution is -2.34. The minimum absolute atomic E-state index is 0.0160. The van der Waals surface area contributed by atoms with Crippen LogP contribution in [0.4, 0.5) is 14.4 Å². The molecule has 0 unspecified atom stereocenters. The molecule has 0 saturated carbocycles. The SMILES string of the molecule is Cc1c(CNC(=O)OC(C)(C)C)c(C)c(CNC(=O)OC(C)(C)C)c(CCCO)c1CNC(=O)OC(C)(C)C. The van der Waals surface area contributed by atoms with Gasteiger partial charge in [0.25, 0.3) is 0 Å². The molecule has 3 amide bonds. The van der Waals surface area contributed by atoms with Crippen LogP contribution in [0.2, 0.25) is 0 Å². The van der Waals surface area contributed by atoms with Crippen LogP contribution in [0.3, 0.4) is 0 Å². The molecule has 39 heavy (non-hydrogen) atoms. The Hall–Kier alpha value is -3.01. The van der Waals surface area contributed by atoms with Crippen LogP contribution >= 0.6 is 0 Å². The molecule has 0 fully saturated rings. The normalized spacial score (nSPS) is 12.0. The van der Waals surface area contributed by atoms with Gasteiger partial charge in [0.1, 0.15) is 16.8 Å². The van der Waals surface area contributed by atoms with Gasteiger partial charge in [-0.3, -0.25) is 0 Å². The number of carbonyl (C=O) groups is 3. The molecule has 0 aliphatic heterocycles. The number of hydrogen-bond acceptors (Lipinski definition) is 7. The fraction of sp³-hybridized carbons (Fsp3) is 0.690. The van der Waals surface area contributed by atoms with Crippen LogP contribution in [0.15, 0.2) is 0 Å². The first-order chi connectivity index (χ1) is 17.7. The minimum Gasteiger partial charge on any atom is -0.444 e. The minimum atomic E-state index is -0.656. The van der Waals surface area contributed by atoms with Gasteiger partial charge in [0.15, 0.2) is 0 Å². The molecule has 0 atom stereocenters. The monoisotopic (exact) mass is 551 g/mol. The molecular formula is C29H49N3O7. The van der Waals surface area contributed by atoms with Crippen LogP contribution in [0.5, 0.6) is 0 Å². The van der Waals surface area contributed by atoms with Gasteiger partial charge in [-0.2, -0.15) is 0 Å². The molecule has 0 bridgehead atoms. The highest BCUT2D eigenvalue weighted by atomic mass is 16.6. The number of benzene rings is 1. The number of rotatable bonds is 9. The summed E-state index contributed by atoms with van der Waals surface area (Å²) in [5.74, 6) is 0. The summed E-state index contributed by atoms with van der Waals surface area (Å²) in [4.78, 5) is 37.4. The Balaban J connectivity index is 3.51. The zero-order valence-corrected chi connectivity index (χ0v) is 25.6. The van der Waals surface area contributed by atoms with Crippen LogP contribution in [0.25, 0.3) is 0 Å². The maximum absolute atomic E-state index is 12.5. The molecule has 0 saturated heterocycles. The van der Waals surface area contributed by atoms with Crippen LogP contribution < -0.4 is 16.0 Å². The highest BCUT2D eigenvalue weighted by molar-refractivity contribution is 5.70. The summed E-state index contributed by atoms with van der Waals surface area (Å²) in [5, 5.41) is 18.1. The Kier molecular flexibility index (Phi) is 12.1. The van der Waals surface area contributed by atoms with Crippen molar-refractivity contribution in [2.75, 3.05) is 6.61 Å². The van der Waals surface area contributed by atoms with Crippen molar-refractivity contribution < 1.29 is 33.7 Å². The van der Waals surface area contributed by atoms with Crippen molar-refractivity contribution in [1.82, 2.24) is 16.0 Å². The average Bonchev–Trinajstić information content (AvgIpc) is 2.72.